The molecule has 3 N–H and O–H groups in total. The third kappa shape index (κ3) is 4.58. The molecular formula is C30H24N8S. The van der Waals surface area contributed by atoms with Crippen molar-refractivity contribution in [3.05, 3.63) is 101 Å². The van der Waals surface area contributed by atoms with Gasteiger partial charge in [-0.3, -0.25) is 15.1 Å². The van der Waals surface area contributed by atoms with Crippen molar-refractivity contribution >= 4 is 33.4 Å². The van der Waals surface area contributed by atoms with E-state index < -0.39 is 0 Å². The van der Waals surface area contributed by atoms with Crippen molar-refractivity contribution in [3.8, 4) is 33.2 Å². The maximum atomic E-state index is 4.98. The first kappa shape index (κ1) is 23.4. The number of imidazole rings is 1. The van der Waals surface area contributed by atoms with Gasteiger partial charge in [0.1, 0.15) is 11.0 Å². The van der Waals surface area contributed by atoms with Gasteiger partial charge >= 0.3 is 0 Å². The van der Waals surface area contributed by atoms with Crippen molar-refractivity contribution in [2.24, 2.45) is 0 Å². The number of thiophene rings is 1. The van der Waals surface area contributed by atoms with E-state index in [-0.39, 0.29) is 0 Å². The lowest BCUT2D eigenvalue weighted by Crippen LogP contribution is -2.12. The fourth-order valence-electron chi connectivity index (χ4n) is 4.70. The number of pyridine rings is 3. The first-order valence-corrected chi connectivity index (χ1v) is 13.5. The van der Waals surface area contributed by atoms with E-state index in [1.54, 1.807) is 17.5 Å². The minimum Gasteiger partial charge on any atom is -0.335 e. The van der Waals surface area contributed by atoms with Crippen LogP contribution >= 0.6 is 11.3 Å². The fourth-order valence-corrected chi connectivity index (χ4v) is 5.58. The lowest BCUT2D eigenvalue weighted by atomic mass is 10.1. The summed E-state index contributed by atoms with van der Waals surface area (Å²) in [5.74, 6) is 0.653. The maximum absolute atomic E-state index is 4.98. The van der Waals surface area contributed by atoms with Crippen LogP contribution in [0.25, 0.3) is 55.3 Å². The maximum Gasteiger partial charge on any atom is 0.161 e. The smallest absolute Gasteiger partial charge is 0.161 e. The average molecular weight is 529 g/mol. The summed E-state index contributed by atoms with van der Waals surface area (Å²) in [6.45, 7) is 3.62. The second kappa shape index (κ2) is 9.86. The molecule has 9 heteroatoms. The highest BCUT2D eigenvalue weighted by Gasteiger charge is 2.17. The van der Waals surface area contributed by atoms with Crippen LogP contribution < -0.4 is 5.32 Å². The summed E-state index contributed by atoms with van der Waals surface area (Å²) in [4.78, 5) is 24.6. The molecule has 0 radical (unpaired) electrons. The zero-order chi connectivity index (χ0) is 26.2. The fraction of sp³-hybridized carbons (Fsp3) is 0.100. The summed E-state index contributed by atoms with van der Waals surface area (Å²) in [5.41, 5.74) is 9.13. The van der Waals surface area contributed by atoms with E-state index in [1.807, 2.05) is 36.8 Å². The van der Waals surface area contributed by atoms with Gasteiger partial charge in [-0.05, 0) is 48.4 Å². The Hall–Kier alpha value is -4.73. The summed E-state index contributed by atoms with van der Waals surface area (Å²) in [7, 11) is 0. The van der Waals surface area contributed by atoms with Crippen LogP contribution in [0.5, 0.6) is 0 Å². The second-order valence-corrected chi connectivity index (χ2v) is 10.7. The number of hydrogen-bond acceptors (Lipinski definition) is 7. The molecule has 0 unspecified atom stereocenters. The molecule has 0 spiro atoms. The van der Waals surface area contributed by atoms with Gasteiger partial charge < -0.3 is 10.3 Å². The van der Waals surface area contributed by atoms with Crippen LogP contribution in [-0.2, 0) is 13.1 Å². The number of aryl methyl sites for hydroxylation is 1. The van der Waals surface area contributed by atoms with Crippen molar-refractivity contribution in [2.75, 3.05) is 0 Å². The molecule has 6 aromatic heterocycles. The van der Waals surface area contributed by atoms with Gasteiger partial charge in [0, 0.05) is 52.6 Å². The molecule has 6 heterocycles. The predicted molar refractivity (Wildman–Crippen MR) is 155 cm³/mol. The molecule has 0 aliphatic rings. The Kier molecular flexibility index (Phi) is 5.92. The highest BCUT2D eigenvalue weighted by atomic mass is 32.1. The summed E-state index contributed by atoms with van der Waals surface area (Å²) in [6, 6.07) is 20.7. The van der Waals surface area contributed by atoms with Crippen LogP contribution in [-0.4, -0.2) is 35.1 Å². The number of aromatic amines is 2. The number of hydrogen-bond donors (Lipinski definition) is 3. The molecule has 0 atom stereocenters. The monoisotopic (exact) mass is 528 g/mol. The van der Waals surface area contributed by atoms with E-state index in [0.717, 1.165) is 55.9 Å². The number of nitrogens with one attached hydrogen (secondary N) is 3. The third-order valence-corrected chi connectivity index (χ3v) is 7.66. The summed E-state index contributed by atoms with van der Waals surface area (Å²) in [5, 5.41) is 11.2. The first-order chi connectivity index (χ1) is 19.2. The van der Waals surface area contributed by atoms with Crippen molar-refractivity contribution in [1.29, 1.82) is 0 Å². The number of rotatable bonds is 7. The van der Waals surface area contributed by atoms with Crippen LogP contribution in [0.3, 0.4) is 0 Å². The van der Waals surface area contributed by atoms with Crippen LogP contribution in [0.4, 0.5) is 0 Å². The molecule has 0 saturated carbocycles. The molecule has 0 bridgehead atoms. The average Bonchev–Trinajstić information content (AvgIpc) is 3.71. The first-order valence-electron chi connectivity index (χ1n) is 12.7. The van der Waals surface area contributed by atoms with Gasteiger partial charge in [-0.25, -0.2) is 9.97 Å². The second-order valence-electron chi connectivity index (χ2n) is 9.41. The Morgan fingerprint density at radius 1 is 0.795 bits per heavy atom. The topological polar surface area (TPSA) is 108 Å². The Labute approximate surface area is 228 Å². The van der Waals surface area contributed by atoms with Gasteiger partial charge in [0.2, 0.25) is 0 Å². The Morgan fingerprint density at radius 3 is 2.54 bits per heavy atom. The quantitative estimate of drug-likeness (QED) is 0.225. The van der Waals surface area contributed by atoms with Gasteiger partial charge in [0.25, 0.3) is 0 Å². The molecule has 39 heavy (non-hydrogen) atoms. The molecule has 0 amide bonds. The Bertz CT molecular complexity index is 1920. The Balaban J connectivity index is 1.20. The molecular weight excluding hydrogens is 504 g/mol. The molecule has 0 fully saturated rings. The lowest BCUT2D eigenvalue weighted by molar-refractivity contribution is 0.691. The van der Waals surface area contributed by atoms with Crippen LogP contribution in [0.2, 0.25) is 0 Å². The lowest BCUT2D eigenvalue weighted by Gasteiger charge is -2.07. The predicted octanol–water partition coefficient (Wildman–Crippen LogP) is 6.28. The molecule has 0 aliphatic carbocycles. The van der Waals surface area contributed by atoms with E-state index in [9.17, 15) is 0 Å². The highest BCUT2D eigenvalue weighted by molar-refractivity contribution is 7.15. The Morgan fingerprint density at radius 2 is 1.67 bits per heavy atom. The van der Waals surface area contributed by atoms with Crippen LogP contribution in [0.15, 0.2) is 85.5 Å². The normalized spacial score (nSPS) is 11.5. The van der Waals surface area contributed by atoms with Crippen LogP contribution in [0.1, 0.15) is 16.0 Å². The number of benzene rings is 1. The van der Waals surface area contributed by atoms with E-state index in [1.165, 1.54) is 10.4 Å². The highest BCUT2D eigenvalue weighted by Crippen LogP contribution is 2.34. The van der Waals surface area contributed by atoms with Gasteiger partial charge in [-0.1, -0.05) is 30.3 Å². The van der Waals surface area contributed by atoms with E-state index in [2.05, 4.69) is 79.9 Å². The van der Waals surface area contributed by atoms with Gasteiger partial charge in [0.15, 0.2) is 11.5 Å². The zero-order valence-corrected chi connectivity index (χ0v) is 22.0. The number of H-pyrrole nitrogens is 2. The van der Waals surface area contributed by atoms with Crippen LogP contribution in [0, 0.1) is 6.92 Å². The van der Waals surface area contributed by atoms with Crippen molar-refractivity contribution in [2.45, 2.75) is 20.0 Å². The summed E-state index contributed by atoms with van der Waals surface area (Å²) in [6.07, 6.45) is 7.40. The van der Waals surface area contributed by atoms with Gasteiger partial charge in [-0.15, -0.1) is 11.3 Å². The van der Waals surface area contributed by atoms with E-state index in [0.29, 0.717) is 18.1 Å². The van der Waals surface area contributed by atoms with E-state index >= 15 is 0 Å². The SMILES string of the molecule is Cc1ccc(-c2cncc3[nH]c(-c4n[nH]c5ccc(-c6cncc(CNCc7ccccc7)c6)nc45)nc23)s1. The molecule has 1 aromatic carbocycles. The summed E-state index contributed by atoms with van der Waals surface area (Å²) < 4.78 is 0. The molecule has 7 rings (SSSR count). The van der Waals surface area contributed by atoms with E-state index in [4.69, 9.17) is 9.97 Å². The van der Waals surface area contributed by atoms with Crippen molar-refractivity contribution in [1.82, 2.24) is 40.4 Å². The number of fused-ring (bicyclic) bond motifs is 2. The molecule has 190 valence electrons. The zero-order valence-electron chi connectivity index (χ0n) is 21.1. The minimum absolute atomic E-state index is 0.653. The van der Waals surface area contributed by atoms with Crippen molar-refractivity contribution < 1.29 is 0 Å². The number of nitrogens with zero attached hydrogens (tertiary/aromatic N) is 5. The van der Waals surface area contributed by atoms with Gasteiger partial charge in [-0.2, -0.15) is 5.10 Å². The standard InChI is InChI=1S/C30H24N8S/c1-18-7-10-26(39-18)22-16-33-17-25-27(22)36-30(35-25)29-28-24(37-38-29)9-8-23(34-28)21-11-20(14-32-15-21)13-31-12-19-5-3-2-4-6-19/h2-11,14-17,31H,12-13H2,1H3,(H,35,36)(H,37,38). The summed E-state index contributed by atoms with van der Waals surface area (Å²) >= 11 is 1.73. The molecule has 7 aromatic rings. The third-order valence-electron chi connectivity index (χ3n) is 6.62. The van der Waals surface area contributed by atoms with Gasteiger partial charge in [0.05, 0.1) is 22.9 Å². The molecule has 8 nitrogen and oxygen atoms in total. The minimum atomic E-state index is 0.653. The molecule has 0 aliphatic heterocycles. The van der Waals surface area contributed by atoms with Crippen molar-refractivity contribution in [3.63, 3.8) is 0 Å². The number of aromatic nitrogens is 7. The largest absolute Gasteiger partial charge is 0.335 e. The molecule has 0 saturated heterocycles.